The van der Waals surface area contributed by atoms with Crippen molar-refractivity contribution in [2.45, 2.75) is 0 Å². The third-order valence-electron chi connectivity index (χ3n) is 1.91. The van der Waals surface area contributed by atoms with Crippen molar-refractivity contribution in [2.75, 3.05) is 0 Å². The van der Waals surface area contributed by atoms with E-state index in [1.165, 1.54) is 10.8 Å². The molecule has 66 valence electrons. The van der Waals surface area contributed by atoms with Crippen LogP contribution in [-0.4, -0.2) is 14.5 Å². The van der Waals surface area contributed by atoms with E-state index in [0.29, 0.717) is 11.0 Å². The summed E-state index contributed by atoms with van der Waals surface area (Å²) in [6.45, 7) is 0. The highest BCUT2D eigenvalue weighted by Gasteiger charge is 2.02. The van der Waals surface area contributed by atoms with E-state index in [-0.39, 0.29) is 0 Å². The second kappa shape index (κ2) is 2.55. The third-order valence-corrected chi connectivity index (χ3v) is 1.91. The minimum atomic E-state index is -0.610. The Morgan fingerprint density at radius 3 is 3.00 bits per heavy atom. The van der Waals surface area contributed by atoms with Gasteiger partial charge in [-0.25, -0.2) is 0 Å². The Morgan fingerprint density at radius 2 is 2.23 bits per heavy atom. The van der Waals surface area contributed by atoms with Crippen molar-refractivity contribution in [3.63, 3.8) is 0 Å². The second-order valence-corrected chi connectivity index (χ2v) is 2.71. The molecule has 0 aliphatic heterocycles. The molecule has 2 heterocycles. The average Bonchev–Trinajstić information content (AvgIpc) is 2.15. The van der Waals surface area contributed by atoms with Crippen LogP contribution in [0.15, 0.2) is 28.0 Å². The van der Waals surface area contributed by atoms with Crippen LogP contribution in [0.1, 0.15) is 0 Å². The molecule has 5 heteroatoms. The van der Waals surface area contributed by atoms with Crippen molar-refractivity contribution in [3.8, 4) is 0 Å². The summed E-state index contributed by atoms with van der Waals surface area (Å²) in [5.74, 6) is 0. The summed E-state index contributed by atoms with van der Waals surface area (Å²) < 4.78 is 1.28. The standard InChI is InChI=1S/C8H7N3O2/c1-11-6-4-9-3-2-5(6)10-7(12)8(11)13/h2-4H,1H3,(H,10,12). The lowest BCUT2D eigenvalue weighted by atomic mass is 10.4. The van der Waals surface area contributed by atoms with Gasteiger partial charge in [0, 0.05) is 13.2 Å². The van der Waals surface area contributed by atoms with Gasteiger partial charge < -0.3 is 9.55 Å². The van der Waals surface area contributed by atoms with Crippen LogP contribution in [0.4, 0.5) is 0 Å². The number of rotatable bonds is 0. The molecule has 2 aromatic heterocycles. The summed E-state index contributed by atoms with van der Waals surface area (Å²) in [5, 5.41) is 0. The highest BCUT2D eigenvalue weighted by Crippen LogP contribution is 2.02. The number of aryl methyl sites for hydroxylation is 1. The van der Waals surface area contributed by atoms with Gasteiger partial charge in [-0.15, -0.1) is 0 Å². The van der Waals surface area contributed by atoms with Crippen molar-refractivity contribution in [1.82, 2.24) is 14.5 Å². The van der Waals surface area contributed by atoms with Crippen LogP contribution in [0.5, 0.6) is 0 Å². The summed E-state index contributed by atoms with van der Waals surface area (Å²) in [4.78, 5) is 28.6. The molecule has 2 aromatic rings. The SMILES string of the molecule is Cn1c(=O)c(=O)[nH]c2ccncc21. The van der Waals surface area contributed by atoms with Crippen molar-refractivity contribution in [2.24, 2.45) is 7.05 Å². The monoisotopic (exact) mass is 177 g/mol. The number of fused-ring (bicyclic) bond motifs is 1. The number of hydrogen-bond donors (Lipinski definition) is 1. The van der Waals surface area contributed by atoms with Crippen molar-refractivity contribution in [1.29, 1.82) is 0 Å². The molecule has 0 radical (unpaired) electrons. The molecule has 0 aliphatic rings. The van der Waals surface area contributed by atoms with Gasteiger partial charge in [0.05, 0.1) is 17.2 Å². The Morgan fingerprint density at radius 1 is 1.46 bits per heavy atom. The van der Waals surface area contributed by atoms with Crippen LogP contribution in [0.2, 0.25) is 0 Å². The van der Waals surface area contributed by atoms with Gasteiger partial charge in [-0.05, 0) is 6.07 Å². The van der Waals surface area contributed by atoms with Gasteiger partial charge in [0.1, 0.15) is 0 Å². The number of aromatic amines is 1. The molecule has 0 atom stereocenters. The largest absolute Gasteiger partial charge is 0.316 e. The van der Waals surface area contributed by atoms with E-state index in [9.17, 15) is 9.59 Å². The molecular formula is C8H7N3O2. The third kappa shape index (κ3) is 1.05. The number of hydrogen-bond acceptors (Lipinski definition) is 3. The normalized spacial score (nSPS) is 10.5. The van der Waals surface area contributed by atoms with Crippen molar-refractivity contribution < 1.29 is 0 Å². The van der Waals surface area contributed by atoms with Gasteiger partial charge in [0.15, 0.2) is 0 Å². The fourth-order valence-electron chi connectivity index (χ4n) is 1.20. The molecule has 0 aliphatic carbocycles. The molecule has 2 rings (SSSR count). The number of aromatic nitrogens is 3. The van der Waals surface area contributed by atoms with Gasteiger partial charge >= 0.3 is 11.1 Å². The molecule has 0 unspecified atom stereocenters. The lowest BCUT2D eigenvalue weighted by Gasteiger charge is -2.01. The zero-order chi connectivity index (χ0) is 9.42. The summed E-state index contributed by atoms with van der Waals surface area (Å²) in [6.07, 6.45) is 3.09. The van der Waals surface area contributed by atoms with E-state index in [1.807, 2.05) is 0 Å². The fraction of sp³-hybridized carbons (Fsp3) is 0.125. The van der Waals surface area contributed by atoms with Gasteiger partial charge in [-0.3, -0.25) is 14.6 Å². The van der Waals surface area contributed by atoms with Crippen LogP contribution in [-0.2, 0) is 7.05 Å². The number of H-pyrrole nitrogens is 1. The lowest BCUT2D eigenvalue weighted by molar-refractivity contribution is 0.870. The fourth-order valence-corrected chi connectivity index (χ4v) is 1.20. The maximum absolute atomic E-state index is 11.2. The van der Waals surface area contributed by atoms with Crippen LogP contribution in [0, 0.1) is 0 Å². The summed E-state index contributed by atoms with van der Waals surface area (Å²) in [7, 11) is 1.54. The quantitative estimate of drug-likeness (QED) is 0.558. The molecule has 0 fully saturated rings. The molecule has 0 spiro atoms. The topological polar surface area (TPSA) is 67.8 Å². The summed E-state index contributed by atoms with van der Waals surface area (Å²) in [6, 6.07) is 1.65. The second-order valence-electron chi connectivity index (χ2n) is 2.71. The molecule has 5 nitrogen and oxygen atoms in total. The Hall–Kier alpha value is -1.91. The van der Waals surface area contributed by atoms with Crippen molar-refractivity contribution >= 4 is 11.0 Å². The zero-order valence-electron chi connectivity index (χ0n) is 6.94. The molecule has 0 saturated carbocycles. The van der Waals surface area contributed by atoms with E-state index < -0.39 is 11.1 Å². The first kappa shape index (κ1) is 7.72. The van der Waals surface area contributed by atoms with Gasteiger partial charge in [-0.1, -0.05) is 0 Å². The van der Waals surface area contributed by atoms with E-state index in [4.69, 9.17) is 0 Å². The van der Waals surface area contributed by atoms with Crippen LogP contribution in [0.3, 0.4) is 0 Å². The molecular weight excluding hydrogens is 170 g/mol. The van der Waals surface area contributed by atoms with Crippen LogP contribution >= 0.6 is 0 Å². The maximum Gasteiger partial charge on any atom is 0.316 e. The smallest absolute Gasteiger partial charge is 0.316 e. The Labute approximate surface area is 72.7 Å². The van der Waals surface area contributed by atoms with E-state index >= 15 is 0 Å². The predicted molar refractivity (Wildman–Crippen MR) is 47.6 cm³/mol. The Bertz CT molecular complexity index is 567. The zero-order valence-corrected chi connectivity index (χ0v) is 6.94. The number of nitrogens with zero attached hydrogens (tertiary/aromatic N) is 2. The van der Waals surface area contributed by atoms with Crippen molar-refractivity contribution in [3.05, 3.63) is 39.2 Å². The molecule has 1 N–H and O–H groups in total. The van der Waals surface area contributed by atoms with Gasteiger partial charge in [0.2, 0.25) is 0 Å². The average molecular weight is 177 g/mol. The Kier molecular flexibility index (Phi) is 1.51. The summed E-state index contributed by atoms with van der Waals surface area (Å²) in [5.41, 5.74) is 0.0518. The first-order valence-electron chi connectivity index (χ1n) is 3.73. The Balaban J connectivity index is 3.11. The predicted octanol–water partition coefficient (Wildman–Crippen LogP) is -0.378. The molecule has 0 aromatic carbocycles. The minimum Gasteiger partial charge on any atom is -0.316 e. The first-order valence-corrected chi connectivity index (χ1v) is 3.73. The van der Waals surface area contributed by atoms with Crippen LogP contribution < -0.4 is 11.1 Å². The lowest BCUT2D eigenvalue weighted by Crippen LogP contribution is -2.34. The molecule has 0 bridgehead atoms. The molecule has 13 heavy (non-hydrogen) atoms. The van der Waals surface area contributed by atoms with E-state index in [2.05, 4.69) is 9.97 Å². The number of nitrogens with one attached hydrogen (secondary N) is 1. The van der Waals surface area contributed by atoms with Crippen LogP contribution in [0.25, 0.3) is 11.0 Å². The van der Waals surface area contributed by atoms with Gasteiger partial charge in [-0.2, -0.15) is 0 Å². The highest BCUT2D eigenvalue weighted by atomic mass is 16.2. The molecule has 0 saturated heterocycles. The maximum atomic E-state index is 11.2. The van der Waals surface area contributed by atoms with E-state index in [1.54, 1.807) is 19.3 Å². The number of pyridine rings is 1. The first-order chi connectivity index (χ1) is 6.20. The van der Waals surface area contributed by atoms with Gasteiger partial charge in [0.25, 0.3) is 0 Å². The van der Waals surface area contributed by atoms with E-state index in [0.717, 1.165) is 0 Å². The highest BCUT2D eigenvalue weighted by molar-refractivity contribution is 5.72. The molecule has 0 amide bonds. The summed E-state index contributed by atoms with van der Waals surface area (Å²) >= 11 is 0. The minimum absolute atomic E-state index is 0.569.